The van der Waals surface area contributed by atoms with Crippen molar-refractivity contribution in [2.45, 2.75) is 64.5 Å². The molecule has 0 saturated heterocycles. The van der Waals surface area contributed by atoms with Crippen molar-refractivity contribution >= 4 is 34.6 Å². The van der Waals surface area contributed by atoms with Crippen molar-refractivity contribution in [3.63, 3.8) is 0 Å². The van der Waals surface area contributed by atoms with E-state index in [0.29, 0.717) is 36.5 Å². The number of imide groups is 1. The molecule has 3 amide bonds. The number of carbonyl (C=O) groups excluding carboxylic acids is 3. The number of amides is 3. The van der Waals surface area contributed by atoms with E-state index in [-0.39, 0.29) is 24.2 Å². The first-order valence-corrected chi connectivity index (χ1v) is 16.9. The fourth-order valence-corrected chi connectivity index (χ4v) is 6.40. The lowest BCUT2D eigenvalue weighted by molar-refractivity contribution is -0.130. The van der Waals surface area contributed by atoms with Gasteiger partial charge in [0.15, 0.2) is 0 Å². The zero-order valence-electron chi connectivity index (χ0n) is 28.8. The molecule has 13 heteroatoms. The van der Waals surface area contributed by atoms with Crippen molar-refractivity contribution in [2.24, 2.45) is 24.6 Å². The average Bonchev–Trinajstić information content (AvgIpc) is 3.78. The smallest absolute Gasteiger partial charge is 0.407 e. The monoisotopic (exact) mass is 677 g/mol. The minimum atomic E-state index is -0.957. The summed E-state index contributed by atoms with van der Waals surface area (Å²) in [4.78, 5) is 46.1. The number of aryl methyl sites for hydroxylation is 1. The van der Waals surface area contributed by atoms with Crippen LogP contribution in [0.15, 0.2) is 73.1 Å². The summed E-state index contributed by atoms with van der Waals surface area (Å²) < 4.78 is 7.34. The summed E-state index contributed by atoms with van der Waals surface area (Å²) in [5.41, 5.74) is 12.0. The van der Waals surface area contributed by atoms with Gasteiger partial charge in [-0.05, 0) is 117 Å². The number of carbonyl (C=O) groups is 3. The van der Waals surface area contributed by atoms with Gasteiger partial charge in [0.05, 0.1) is 29.1 Å². The Morgan fingerprint density at radius 2 is 1.66 bits per heavy atom. The number of alkyl carbamates (subject to hydrolysis) is 1. The van der Waals surface area contributed by atoms with E-state index in [4.69, 9.17) is 10.5 Å². The van der Waals surface area contributed by atoms with Gasteiger partial charge < -0.3 is 20.4 Å². The predicted octanol–water partition coefficient (Wildman–Crippen LogP) is 5.18. The number of hydrogen-bond donors (Lipinski definition) is 3. The molecule has 3 aromatic carbocycles. The van der Waals surface area contributed by atoms with Crippen molar-refractivity contribution in [1.29, 1.82) is 0 Å². The Labute approximate surface area is 290 Å². The largest absolute Gasteiger partial charge is 0.444 e. The van der Waals surface area contributed by atoms with E-state index in [9.17, 15) is 14.4 Å². The van der Waals surface area contributed by atoms with E-state index < -0.39 is 23.6 Å². The molecule has 260 valence electrons. The molecule has 2 aromatic heterocycles. The highest BCUT2D eigenvalue weighted by atomic mass is 16.6. The van der Waals surface area contributed by atoms with Gasteiger partial charge in [0, 0.05) is 25.1 Å². The van der Waals surface area contributed by atoms with Crippen LogP contribution in [0.2, 0.25) is 0 Å². The Kier molecular flexibility index (Phi) is 10.0. The zero-order valence-corrected chi connectivity index (χ0v) is 28.8. The first-order valence-electron chi connectivity index (χ1n) is 16.9. The Bertz CT molecular complexity index is 1940. The number of anilines is 1. The number of imidazole rings is 1. The number of tetrazole rings is 1. The van der Waals surface area contributed by atoms with Gasteiger partial charge in [0.1, 0.15) is 5.60 Å². The minimum Gasteiger partial charge on any atom is -0.444 e. The topological polar surface area (TPSA) is 174 Å². The molecule has 1 saturated carbocycles. The van der Waals surface area contributed by atoms with E-state index in [1.165, 1.54) is 4.90 Å². The second-order valence-corrected chi connectivity index (χ2v) is 14.0. The Hall–Kier alpha value is -5.43. The van der Waals surface area contributed by atoms with Crippen LogP contribution in [0.4, 0.5) is 10.5 Å². The van der Waals surface area contributed by atoms with E-state index in [1.807, 2.05) is 62.7 Å². The number of rotatable bonds is 9. The van der Waals surface area contributed by atoms with Gasteiger partial charge >= 0.3 is 6.09 Å². The number of ether oxygens (including phenoxy) is 1. The van der Waals surface area contributed by atoms with Crippen molar-refractivity contribution < 1.29 is 19.1 Å². The summed E-state index contributed by atoms with van der Waals surface area (Å²) in [6, 6.07) is 20.1. The molecule has 1 aliphatic carbocycles. The van der Waals surface area contributed by atoms with Gasteiger partial charge in [-0.15, -0.1) is 10.2 Å². The molecule has 0 spiro atoms. The quantitative estimate of drug-likeness (QED) is 0.190. The standard InChI is InChI=1S/C37H43N9O4/c1-37(2,3)50-36(49)39-21-24-7-11-27(12-8-24)34(47)46(29-16-13-26(14-17-29)33-41-43-44-42-33)35(48)30(38)19-23-5-9-25(10-6-23)28-15-18-32-31(20-28)40-22-45(32)4/h5-6,9-10,13-18,20,22,24,27,30H,7-8,11-12,19,21,38H2,1-4H3,(H,39,49)(H,41,42,43,44)/t24-,27-,30-/m0/s1. The van der Waals surface area contributed by atoms with Gasteiger partial charge in [-0.25, -0.2) is 14.7 Å². The van der Waals surface area contributed by atoms with Gasteiger partial charge in [-0.2, -0.15) is 5.21 Å². The van der Waals surface area contributed by atoms with Crippen molar-refractivity contribution in [3.05, 3.63) is 78.6 Å². The number of aromatic amines is 1. The molecule has 5 aromatic rings. The van der Waals surface area contributed by atoms with E-state index >= 15 is 0 Å². The van der Waals surface area contributed by atoms with Gasteiger partial charge in [-0.3, -0.25) is 9.59 Å². The molecule has 50 heavy (non-hydrogen) atoms. The van der Waals surface area contributed by atoms with E-state index in [1.54, 1.807) is 30.6 Å². The predicted molar refractivity (Wildman–Crippen MR) is 190 cm³/mol. The summed E-state index contributed by atoms with van der Waals surface area (Å²) in [6.07, 6.45) is 4.24. The maximum absolute atomic E-state index is 14.1. The van der Waals surface area contributed by atoms with Crippen molar-refractivity contribution in [3.8, 4) is 22.5 Å². The number of nitrogens with one attached hydrogen (secondary N) is 2. The molecule has 1 fully saturated rings. The molecule has 13 nitrogen and oxygen atoms in total. The summed E-state index contributed by atoms with van der Waals surface area (Å²) in [6.45, 7) is 5.93. The molecule has 1 atom stereocenters. The average molecular weight is 678 g/mol. The first-order chi connectivity index (χ1) is 23.9. The van der Waals surface area contributed by atoms with Crippen molar-refractivity contribution in [1.82, 2.24) is 35.5 Å². The summed E-state index contributed by atoms with van der Waals surface area (Å²) in [5, 5.41) is 16.9. The molecule has 2 heterocycles. The molecule has 0 aliphatic heterocycles. The number of H-pyrrole nitrogens is 1. The van der Waals surface area contributed by atoms with Crippen LogP contribution in [0, 0.1) is 11.8 Å². The zero-order chi connectivity index (χ0) is 35.4. The minimum absolute atomic E-state index is 0.209. The Morgan fingerprint density at radius 1 is 0.980 bits per heavy atom. The summed E-state index contributed by atoms with van der Waals surface area (Å²) in [7, 11) is 1.97. The lowest BCUT2D eigenvalue weighted by atomic mass is 9.81. The summed E-state index contributed by atoms with van der Waals surface area (Å²) >= 11 is 0. The van der Waals surface area contributed by atoms with Crippen LogP contribution in [-0.4, -0.2) is 66.3 Å². The molecule has 6 rings (SSSR count). The maximum Gasteiger partial charge on any atom is 0.407 e. The number of benzene rings is 3. The van der Waals surface area contributed by atoms with E-state index in [0.717, 1.165) is 40.6 Å². The van der Waals surface area contributed by atoms with Crippen LogP contribution in [0.5, 0.6) is 0 Å². The second kappa shape index (κ2) is 14.6. The third kappa shape index (κ3) is 8.05. The molecule has 0 unspecified atom stereocenters. The maximum atomic E-state index is 14.1. The number of aromatic nitrogens is 6. The number of nitrogens with two attached hydrogens (primary N) is 1. The number of hydrogen-bond acceptors (Lipinski definition) is 9. The van der Waals surface area contributed by atoms with Crippen LogP contribution in [0.25, 0.3) is 33.5 Å². The molecule has 0 radical (unpaired) electrons. The molecule has 4 N–H and O–H groups in total. The van der Waals surface area contributed by atoms with Crippen molar-refractivity contribution in [2.75, 3.05) is 11.4 Å². The van der Waals surface area contributed by atoms with Gasteiger partial charge in [-0.1, -0.05) is 30.3 Å². The lowest BCUT2D eigenvalue weighted by Crippen LogP contribution is -2.50. The lowest BCUT2D eigenvalue weighted by Gasteiger charge is -2.32. The highest BCUT2D eigenvalue weighted by molar-refractivity contribution is 6.17. The fraction of sp³-hybridized carbons (Fsp3) is 0.378. The van der Waals surface area contributed by atoms with Gasteiger partial charge in [0.2, 0.25) is 11.7 Å². The summed E-state index contributed by atoms with van der Waals surface area (Å²) in [5.74, 6) is -0.506. The number of fused-ring (bicyclic) bond motifs is 1. The van der Waals surface area contributed by atoms with Gasteiger partial charge in [0.25, 0.3) is 5.91 Å². The van der Waals surface area contributed by atoms with Crippen LogP contribution in [0.1, 0.15) is 52.0 Å². The van der Waals surface area contributed by atoms with Crippen LogP contribution in [0.3, 0.4) is 0 Å². The first kappa shape index (κ1) is 34.4. The number of nitrogens with zero attached hydrogens (tertiary/aromatic N) is 6. The molecule has 0 bridgehead atoms. The third-order valence-electron chi connectivity index (χ3n) is 9.09. The van der Waals surface area contributed by atoms with Crippen LogP contribution < -0.4 is 16.0 Å². The molecular weight excluding hydrogens is 634 g/mol. The SMILES string of the molecule is Cn1cnc2cc(-c3ccc(C[C@H](N)C(=O)N(c4ccc(-c5nn[nH]n5)cc4)C(=O)[C@H]4CC[C@H](CNC(=O)OC(C)(C)C)CC4)cc3)ccc21. The fourth-order valence-electron chi connectivity index (χ4n) is 6.40. The normalized spacial score (nSPS) is 16.9. The van der Waals surface area contributed by atoms with Crippen LogP contribution in [-0.2, 0) is 27.8 Å². The third-order valence-corrected chi connectivity index (χ3v) is 9.09. The molecular formula is C37H43N9O4. The molecule has 1 aliphatic rings. The van der Waals surface area contributed by atoms with Crippen LogP contribution >= 0.6 is 0 Å². The highest BCUT2D eigenvalue weighted by Crippen LogP contribution is 2.32. The Morgan fingerprint density at radius 3 is 2.32 bits per heavy atom. The second-order valence-electron chi connectivity index (χ2n) is 14.0. The highest BCUT2D eigenvalue weighted by Gasteiger charge is 2.35. The van der Waals surface area contributed by atoms with E-state index in [2.05, 4.69) is 43.1 Å². The Balaban J connectivity index is 1.15.